The van der Waals surface area contributed by atoms with Gasteiger partial charge in [0.1, 0.15) is 4.32 Å². The van der Waals surface area contributed by atoms with Crippen LogP contribution < -0.4 is 5.32 Å². The topological polar surface area (TPSA) is 32.3 Å². The molecule has 5 heteroatoms. The molecular formula is C23H28N2OS2. The van der Waals surface area contributed by atoms with E-state index in [-0.39, 0.29) is 5.91 Å². The van der Waals surface area contributed by atoms with E-state index in [1.165, 1.54) is 36.6 Å². The summed E-state index contributed by atoms with van der Waals surface area (Å²) in [5, 5.41) is 3.07. The average molecular weight is 413 g/mol. The lowest BCUT2D eigenvalue weighted by molar-refractivity contribution is -0.113. The summed E-state index contributed by atoms with van der Waals surface area (Å²) in [6.07, 6.45) is 4.39. The van der Waals surface area contributed by atoms with E-state index in [0.29, 0.717) is 17.8 Å². The number of nitrogens with zero attached hydrogens (tertiary/aromatic N) is 1. The molecule has 2 aromatic rings. The molecule has 2 aromatic carbocycles. The van der Waals surface area contributed by atoms with Crippen molar-refractivity contribution in [2.75, 3.05) is 11.1 Å². The van der Waals surface area contributed by atoms with Gasteiger partial charge in [-0.15, -0.1) is 0 Å². The van der Waals surface area contributed by atoms with E-state index in [1.807, 2.05) is 36.4 Å². The number of benzene rings is 2. The van der Waals surface area contributed by atoms with Crippen LogP contribution in [0.4, 0.5) is 5.69 Å². The Morgan fingerprint density at radius 3 is 2.43 bits per heavy atom. The summed E-state index contributed by atoms with van der Waals surface area (Å²) in [6, 6.07) is 19.2. The molecule has 1 heterocycles. The third kappa shape index (κ3) is 5.58. The van der Waals surface area contributed by atoms with Gasteiger partial charge in [0.2, 0.25) is 5.91 Å². The van der Waals surface area contributed by atoms with Gasteiger partial charge in [0.25, 0.3) is 0 Å². The average Bonchev–Trinajstić information content (AvgIpc) is 2.68. The Hall–Kier alpha value is -1.85. The molecule has 1 amide bonds. The quantitative estimate of drug-likeness (QED) is 0.658. The SMILES string of the molecule is C[C@@H]1CCC[C@H](C)N1C(=S)SCC(=O)Nc1ccccc1Cc1ccccc1. The Bertz CT molecular complexity index is 799. The molecule has 1 fully saturated rings. The molecule has 0 aliphatic carbocycles. The van der Waals surface area contributed by atoms with E-state index in [1.54, 1.807) is 0 Å². The fraction of sp³-hybridized carbons (Fsp3) is 0.391. The second-order valence-corrected chi connectivity index (χ2v) is 9.07. The van der Waals surface area contributed by atoms with Gasteiger partial charge in [-0.25, -0.2) is 0 Å². The predicted octanol–water partition coefficient (Wildman–Crippen LogP) is 5.50. The van der Waals surface area contributed by atoms with E-state index in [9.17, 15) is 4.79 Å². The number of hydrogen-bond donors (Lipinski definition) is 1. The van der Waals surface area contributed by atoms with Crippen molar-refractivity contribution in [3.8, 4) is 0 Å². The molecule has 2 atom stereocenters. The van der Waals surface area contributed by atoms with Crippen LogP contribution in [0.15, 0.2) is 54.6 Å². The molecule has 3 rings (SSSR count). The molecule has 1 N–H and O–H groups in total. The zero-order valence-corrected chi connectivity index (χ0v) is 18.2. The van der Waals surface area contributed by atoms with Crippen LogP contribution in [0.2, 0.25) is 0 Å². The number of carbonyl (C=O) groups excluding carboxylic acids is 1. The highest BCUT2D eigenvalue weighted by Gasteiger charge is 2.27. The molecule has 148 valence electrons. The summed E-state index contributed by atoms with van der Waals surface area (Å²) < 4.78 is 0.840. The predicted molar refractivity (Wildman–Crippen MR) is 124 cm³/mol. The summed E-state index contributed by atoms with van der Waals surface area (Å²) in [7, 11) is 0. The first-order valence-electron chi connectivity index (χ1n) is 9.91. The molecule has 0 radical (unpaired) electrons. The largest absolute Gasteiger partial charge is 0.352 e. The second kappa shape index (κ2) is 10.1. The van der Waals surface area contributed by atoms with Crippen molar-refractivity contribution >= 4 is 39.9 Å². The summed E-state index contributed by atoms with van der Waals surface area (Å²) >= 11 is 7.11. The number of piperidine rings is 1. The van der Waals surface area contributed by atoms with Gasteiger partial charge in [0.15, 0.2) is 0 Å². The molecule has 0 aromatic heterocycles. The maximum atomic E-state index is 12.6. The lowest BCUT2D eigenvalue weighted by Gasteiger charge is -2.40. The zero-order chi connectivity index (χ0) is 19.9. The Balaban J connectivity index is 1.57. The fourth-order valence-corrected chi connectivity index (χ4v) is 5.15. The summed E-state index contributed by atoms with van der Waals surface area (Å²) in [6.45, 7) is 4.45. The number of para-hydroxylation sites is 1. The van der Waals surface area contributed by atoms with E-state index in [2.05, 4.69) is 42.3 Å². The number of rotatable bonds is 5. The molecule has 0 spiro atoms. The van der Waals surface area contributed by atoms with E-state index in [0.717, 1.165) is 22.0 Å². The van der Waals surface area contributed by atoms with Crippen LogP contribution in [0.3, 0.4) is 0 Å². The number of thioether (sulfide) groups is 1. The highest BCUT2D eigenvalue weighted by Crippen LogP contribution is 2.27. The Kier molecular flexibility index (Phi) is 7.51. The first kappa shape index (κ1) is 20.9. The van der Waals surface area contributed by atoms with Crippen LogP contribution in [0.25, 0.3) is 0 Å². The van der Waals surface area contributed by atoms with Gasteiger partial charge in [0.05, 0.1) is 5.75 Å². The van der Waals surface area contributed by atoms with Crippen LogP contribution in [0.1, 0.15) is 44.2 Å². The Morgan fingerprint density at radius 2 is 1.71 bits per heavy atom. The van der Waals surface area contributed by atoms with E-state index < -0.39 is 0 Å². The number of nitrogens with one attached hydrogen (secondary N) is 1. The molecular weight excluding hydrogens is 384 g/mol. The number of carbonyl (C=O) groups is 1. The lowest BCUT2D eigenvalue weighted by Crippen LogP contribution is -2.45. The molecule has 28 heavy (non-hydrogen) atoms. The van der Waals surface area contributed by atoms with Gasteiger partial charge in [-0.1, -0.05) is 72.5 Å². The highest BCUT2D eigenvalue weighted by atomic mass is 32.2. The molecule has 1 aliphatic heterocycles. The van der Waals surface area contributed by atoms with Crippen molar-refractivity contribution in [1.82, 2.24) is 4.90 Å². The molecule has 3 nitrogen and oxygen atoms in total. The van der Waals surface area contributed by atoms with Gasteiger partial charge in [0, 0.05) is 17.8 Å². The van der Waals surface area contributed by atoms with Crippen molar-refractivity contribution < 1.29 is 4.79 Å². The van der Waals surface area contributed by atoms with Crippen LogP contribution in [-0.2, 0) is 11.2 Å². The van der Waals surface area contributed by atoms with Gasteiger partial charge in [-0.3, -0.25) is 4.79 Å². The third-order valence-electron chi connectivity index (χ3n) is 5.26. The number of amides is 1. The van der Waals surface area contributed by atoms with Crippen LogP contribution in [-0.4, -0.2) is 33.0 Å². The maximum Gasteiger partial charge on any atom is 0.234 e. The number of thiocarbonyl (C=S) groups is 1. The number of hydrogen-bond acceptors (Lipinski definition) is 3. The first-order valence-corrected chi connectivity index (χ1v) is 11.3. The minimum absolute atomic E-state index is 0.00910. The first-order chi connectivity index (χ1) is 13.5. The van der Waals surface area contributed by atoms with Gasteiger partial charge in [-0.05, 0) is 56.7 Å². The summed E-state index contributed by atoms with van der Waals surface area (Å²) in [5.74, 6) is 0.333. The smallest absolute Gasteiger partial charge is 0.234 e. The monoisotopic (exact) mass is 412 g/mol. The maximum absolute atomic E-state index is 12.6. The van der Waals surface area contributed by atoms with Crippen molar-refractivity contribution in [3.63, 3.8) is 0 Å². The fourth-order valence-electron chi connectivity index (χ4n) is 3.78. The van der Waals surface area contributed by atoms with Crippen LogP contribution >= 0.6 is 24.0 Å². The standard InChI is InChI=1S/C23H28N2OS2/c1-17-9-8-10-18(2)25(17)23(27)28-16-22(26)24-21-14-7-6-13-20(21)15-19-11-4-3-5-12-19/h3-7,11-14,17-18H,8-10,15-16H2,1-2H3,(H,24,26)/t17-,18+. The van der Waals surface area contributed by atoms with E-state index >= 15 is 0 Å². The van der Waals surface area contributed by atoms with Gasteiger partial charge >= 0.3 is 0 Å². The van der Waals surface area contributed by atoms with Crippen molar-refractivity contribution in [1.29, 1.82) is 0 Å². The normalized spacial score (nSPS) is 19.3. The van der Waals surface area contributed by atoms with Crippen molar-refractivity contribution in [2.24, 2.45) is 0 Å². The third-order valence-corrected chi connectivity index (χ3v) is 6.69. The molecule has 0 saturated carbocycles. The molecule has 0 unspecified atom stereocenters. The minimum atomic E-state index is -0.00910. The lowest BCUT2D eigenvalue weighted by atomic mass is 9.99. The van der Waals surface area contributed by atoms with Crippen molar-refractivity contribution in [3.05, 3.63) is 65.7 Å². The highest BCUT2D eigenvalue weighted by molar-refractivity contribution is 8.23. The zero-order valence-electron chi connectivity index (χ0n) is 16.6. The van der Waals surface area contributed by atoms with Crippen LogP contribution in [0, 0.1) is 0 Å². The van der Waals surface area contributed by atoms with Gasteiger partial charge in [-0.2, -0.15) is 0 Å². The molecule has 1 saturated heterocycles. The number of likely N-dealkylation sites (tertiary alicyclic amines) is 1. The minimum Gasteiger partial charge on any atom is -0.352 e. The Labute approximate surface area is 177 Å². The summed E-state index contributed by atoms with van der Waals surface area (Å²) in [4.78, 5) is 14.9. The summed E-state index contributed by atoms with van der Waals surface area (Å²) in [5.41, 5.74) is 3.23. The Morgan fingerprint density at radius 1 is 1.07 bits per heavy atom. The van der Waals surface area contributed by atoms with Crippen molar-refractivity contribution in [2.45, 2.75) is 51.6 Å². The van der Waals surface area contributed by atoms with Gasteiger partial charge < -0.3 is 10.2 Å². The van der Waals surface area contributed by atoms with Crippen LogP contribution in [0.5, 0.6) is 0 Å². The molecule has 0 bridgehead atoms. The van der Waals surface area contributed by atoms with E-state index in [4.69, 9.17) is 12.2 Å². The number of anilines is 1. The molecule has 1 aliphatic rings. The second-order valence-electron chi connectivity index (χ2n) is 7.46.